The molecule has 5 nitrogen and oxygen atoms in total. The van der Waals surface area contributed by atoms with Gasteiger partial charge in [-0.05, 0) is 66.3 Å². The van der Waals surface area contributed by atoms with Crippen molar-refractivity contribution in [3.8, 4) is 23.0 Å². The van der Waals surface area contributed by atoms with Gasteiger partial charge in [0.25, 0.3) is 0 Å². The lowest BCUT2D eigenvalue weighted by molar-refractivity contribution is 0.0679. The minimum absolute atomic E-state index is 0.179. The van der Waals surface area contributed by atoms with Gasteiger partial charge in [0.05, 0.1) is 14.2 Å². The Morgan fingerprint density at radius 3 is 2.24 bits per heavy atom. The largest absolute Gasteiger partial charge is 0.504 e. The molecule has 0 saturated carbocycles. The van der Waals surface area contributed by atoms with Gasteiger partial charge < -0.3 is 19.7 Å². The third-order valence-corrected chi connectivity index (χ3v) is 5.73. The molecule has 5 heteroatoms. The van der Waals surface area contributed by atoms with Crippen molar-refractivity contribution >= 4 is 0 Å². The molecule has 132 valence electrons. The van der Waals surface area contributed by atoms with Gasteiger partial charge in [-0.25, -0.2) is 0 Å². The Bertz CT molecular complexity index is 848. The van der Waals surface area contributed by atoms with Crippen molar-refractivity contribution in [2.75, 3.05) is 20.8 Å². The third kappa shape index (κ3) is 2.34. The van der Waals surface area contributed by atoms with Gasteiger partial charge in [-0.2, -0.15) is 0 Å². The van der Waals surface area contributed by atoms with Crippen molar-refractivity contribution in [1.82, 2.24) is 4.90 Å². The first-order valence-corrected chi connectivity index (χ1v) is 8.50. The van der Waals surface area contributed by atoms with E-state index in [0.29, 0.717) is 11.5 Å². The van der Waals surface area contributed by atoms with Crippen molar-refractivity contribution < 1.29 is 19.7 Å². The molecule has 2 aromatic rings. The van der Waals surface area contributed by atoms with Crippen LogP contribution in [0, 0.1) is 0 Å². The average molecular weight is 341 g/mol. The van der Waals surface area contributed by atoms with Crippen LogP contribution in [0.3, 0.4) is 0 Å². The van der Waals surface area contributed by atoms with E-state index < -0.39 is 0 Å². The number of nitrogens with zero attached hydrogens (tertiary/aromatic N) is 1. The van der Waals surface area contributed by atoms with Crippen LogP contribution < -0.4 is 9.47 Å². The zero-order valence-corrected chi connectivity index (χ0v) is 14.8. The van der Waals surface area contributed by atoms with E-state index in [4.69, 9.17) is 9.47 Å². The Morgan fingerprint density at radius 2 is 1.56 bits per heavy atom. The molecule has 2 aromatic carbocycles. The van der Waals surface area contributed by atoms with Crippen molar-refractivity contribution in [2.24, 2.45) is 0 Å². The van der Waals surface area contributed by atoms with Crippen molar-refractivity contribution in [1.29, 1.82) is 0 Å². The summed E-state index contributed by atoms with van der Waals surface area (Å²) in [5, 5.41) is 20.4. The Hall–Kier alpha value is -2.40. The Kier molecular flexibility index (Phi) is 3.58. The highest BCUT2D eigenvalue weighted by molar-refractivity contribution is 5.53. The minimum Gasteiger partial charge on any atom is -0.504 e. The number of hydrogen-bond donors (Lipinski definition) is 2. The molecule has 2 N–H and O–H groups in total. The lowest BCUT2D eigenvalue weighted by atomic mass is 9.74. The van der Waals surface area contributed by atoms with Gasteiger partial charge in [0.1, 0.15) is 0 Å². The maximum atomic E-state index is 10.3. The van der Waals surface area contributed by atoms with E-state index in [0.717, 1.165) is 37.1 Å². The molecule has 2 aliphatic rings. The third-order valence-electron chi connectivity index (χ3n) is 5.73. The van der Waals surface area contributed by atoms with Crippen LogP contribution in [0.4, 0.5) is 0 Å². The minimum atomic E-state index is -0.202. The molecule has 2 aliphatic heterocycles. The molecule has 2 heterocycles. The summed E-state index contributed by atoms with van der Waals surface area (Å²) in [6, 6.07) is 7.56. The standard InChI is InChI=1S/C20H23NO4/c1-20-10-13-8-19(25-3)16(22)6-14(13)11-21(20)5-4-12-7-18(24-2)17(23)9-15(12)20/h6-9,22-23H,4-5,10-11H2,1-3H3. The van der Waals surface area contributed by atoms with E-state index in [-0.39, 0.29) is 17.0 Å². The number of fused-ring (bicyclic) bond motifs is 4. The molecule has 4 rings (SSSR count). The first-order valence-electron chi connectivity index (χ1n) is 8.50. The van der Waals surface area contributed by atoms with Gasteiger partial charge in [0, 0.05) is 18.6 Å². The lowest BCUT2D eigenvalue weighted by Crippen LogP contribution is -2.52. The van der Waals surface area contributed by atoms with Crippen LogP contribution in [-0.2, 0) is 24.9 Å². The molecule has 0 radical (unpaired) electrons. The van der Waals surface area contributed by atoms with Crippen LogP contribution in [0.15, 0.2) is 24.3 Å². The number of hydrogen-bond acceptors (Lipinski definition) is 5. The predicted molar refractivity (Wildman–Crippen MR) is 94.5 cm³/mol. The van der Waals surface area contributed by atoms with Crippen LogP contribution >= 0.6 is 0 Å². The second-order valence-corrected chi connectivity index (χ2v) is 7.10. The van der Waals surface area contributed by atoms with E-state index in [9.17, 15) is 10.2 Å². The first-order chi connectivity index (χ1) is 12.0. The van der Waals surface area contributed by atoms with Gasteiger partial charge in [-0.15, -0.1) is 0 Å². The maximum Gasteiger partial charge on any atom is 0.160 e. The van der Waals surface area contributed by atoms with Crippen LogP contribution in [0.1, 0.15) is 29.2 Å². The monoisotopic (exact) mass is 341 g/mol. The molecular formula is C20H23NO4. The number of phenols is 2. The van der Waals surface area contributed by atoms with Crippen molar-refractivity contribution in [3.05, 3.63) is 46.5 Å². The Labute approximate surface area is 147 Å². The molecule has 1 atom stereocenters. The SMILES string of the molecule is COc1cc2c(cc1O)CN1CCc3cc(OC)c(O)cc3C1(C)C2. The zero-order chi connectivity index (χ0) is 17.8. The lowest BCUT2D eigenvalue weighted by Gasteiger charge is -2.50. The second kappa shape index (κ2) is 5.56. The highest BCUT2D eigenvalue weighted by atomic mass is 16.5. The number of methoxy groups -OCH3 is 2. The average Bonchev–Trinajstić information content (AvgIpc) is 2.59. The summed E-state index contributed by atoms with van der Waals surface area (Å²) in [5.74, 6) is 1.39. The normalized spacial score (nSPS) is 21.9. The summed E-state index contributed by atoms with van der Waals surface area (Å²) in [6.45, 7) is 3.93. The fourth-order valence-electron chi connectivity index (χ4n) is 4.32. The Morgan fingerprint density at radius 1 is 0.920 bits per heavy atom. The van der Waals surface area contributed by atoms with Gasteiger partial charge in [0.15, 0.2) is 23.0 Å². The number of ether oxygens (including phenoxy) is 2. The van der Waals surface area contributed by atoms with Crippen molar-refractivity contribution in [3.63, 3.8) is 0 Å². The fraction of sp³-hybridized carbons (Fsp3) is 0.400. The van der Waals surface area contributed by atoms with Gasteiger partial charge >= 0.3 is 0 Å². The van der Waals surface area contributed by atoms with Gasteiger partial charge in [0.2, 0.25) is 0 Å². The van der Waals surface area contributed by atoms with E-state index in [2.05, 4.69) is 11.8 Å². The molecule has 0 saturated heterocycles. The maximum absolute atomic E-state index is 10.3. The van der Waals surface area contributed by atoms with E-state index >= 15 is 0 Å². The molecule has 0 aliphatic carbocycles. The summed E-state index contributed by atoms with van der Waals surface area (Å²) < 4.78 is 10.6. The van der Waals surface area contributed by atoms with Crippen LogP contribution in [-0.4, -0.2) is 35.9 Å². The molecule has 1 unspecified atom stereocenters. The number of phenolic OH excluding ortho intramolecular Hbond substituents is 2. The van der Waals surface area contributed by atoms with E-state index in [1.54, 1.807) is 14.2 Å². The molecule has 0 bridgehead atoms. The number of rotatable bonds is 2. The Balaban J connectivity index is 1.82. The smallest absolute Gasteiger partial charge is 0.160 e. The molecule has 0 amide bonds. The van der Waals surface area contributed by atoms with Crippen LogP contribution in [0.5, 0.6) is 23.0 Å². The van der Waals surface area contributed by atoms with E-state index in [1.165, 1.54) is 11.1 Å². The number of benzene rings is 2. The molecule has 0 spiro atoms. The second-order valence-electron chi connectivity index (χ2n) is 7.10. The van der Waals surface area contributed by atoms with E-state index in [1.807, 2.05) is 24.3 Å². The topological polar surface area (TPSA) is 62.2 Å². The zero-order valence-electron chi connectivity index (χ0n) is 14.8. The van der Waals surface area contributed by atoms with Gasteiger partial charge in [-0.3, -0.25) is 4.90 Å². The number of aromatic hydroxyl groups is 2. The molecular weight excluding hydrogens is 318 g/mol. The van der Waals surface area contributed by atoms with Crippen LogP contribution in [0.2, 0.25) is 0 Å². The summed E-state index contributed by atoms with van der Waals surface area (Å²) in [7, 11) is 3.15. The summed E-state index contributed by atoms with van der Waals surface area (Å²) >= 11 is 0. The first kappa shape index (κ1) is 16.1. The quantitative estimate of drug-likeness (QED) is 0.879. The summed E-state index contributed by atoms with van der Waals surface area (Å²) in [5.41, 5.74) is 4.48. The molecule has 0 fully saturated rings. The predicted octanol–water partition coefficient (Wildman–Crippen LogP) is 2.94. The fourth-order valence-corrected chi connectivity index (χ4v) is 4.32. The summed E-state index contributed by atoms with van der Waals surface area (Å²) in [6.07, 6.45) is 1.72. The summed E-state index contributed by atoms with van der Waals surface area (Å²) in [4.78, 5) is 2.43. The highest BCUT2D eigenvalue weighted by Crippen LogP contribution is 2.47. The molecule has 25 heavy (non-hydrogen) atoms. The van der Waals surface area contributed by atoms with Gasteiger partial charge in [-0.1, -0.05) is 0 Å². The van der Waals surface area contributed by atoms with Crippen molar-refractivity contribution in [2.45, 2.75) is 31.8 Å². The highest BCUT2D eigenvalue weighted by Gasteiger charge is 2.42. The molecule has 0 aromatic heterocycles. The van der Waals surface area contributed by atoms with Crippen LogP contribution in [0.25, 0.3) is 0 Å².